The maximum atomic E-state index is 13.5. The Balaban J connectivity index is 2.35. The molecule has 1 amide bonds. The maximum Gasteiger partial charge on any atom is 0.416 e. The van der Waals surface area contributed by atoms with Crippen molar-refractivity contribution in [1.29, 1.82) is 5.26 Å². The Kier molecular flexibility index (Phi) is 5.17. The SMILES string of the molecule is N#C/C(=C\c1ccccc1C(F)(F)F)C(=O)Nc1ccc(F)cc1F. The molecule has 0 bridgehead atoms. The van der Waals surface area contributed by atoms with Crippen LogP contribution in [0.5, 0.6) is 0 Å². The molecule has 0 radical (unpaired) electrons. The van der Waals surface area contributed by atoms with E-state index in [9.17, 15) is 26.7 Å². The third-order valence-electron chi connectivity index (χ3n) is 3.11. The lowest BCUT2D eigenvalue weighted by molar-refractivity contribution is -0.137. The number of nitrogens with zero attached hydrogens (tertiary/aromatic N) is 1. The van der Waals surface area contributed by atoms with Crippen LogP contribution >= 0.6 is 0 Å². The van der Waals surface area contributed by atoms with Crippen LogP contribution in [0.4, 0.5) is 27.6 Å². The molecule has 1 N–H and O–H groups in total. The van der Waals surface area contributed by atoms with E-state index in [1.165, 1.54) is 18.2 Å². The topological polar surface area (TPSA) is 52.9 Å². The van der Waals surface area contributed by atoms with Gasteiger partial charge in [0, 0.05) is 6.07 Å². The van der Waals surface area contributed by atoms with Gasteiger partial charge in [-0.25, -0.2) is 8.78 Å². The number of amides is 1. The second-order valence-corrected chi connectivity index (χ2v) is 4.83. The molecule has 0 fully saturated rings. The second kappa shape index (κ2) is 7.13. The van der Waals surface area contributed by atoms with Gasteiger partial charge in [-0.3, -0.25) is 4.79 Å². The number of rotatable bonds is 3. The molecule has 0 aromatic heterocycles. The summed E-state index contributed by atoms with van der Waals surface area (Å²) >= 11 is 0. The first-order chi connectivity index (χ1) is 11.7. The van der Waals surface area contributed by atoms with Gasteiger partial charge in [-0.1, -0.05) is 18.2 Å². The predicted molar refractivity (Wildman–Crippen MR) is 80.0 cm³/mol. The molecule has 25 heavy (non-hydrogen) atoms. The molecule has 0 saturated heterocycles. The number of halogens is 5. The fraction of sp³-hybridized carbons (Fsp3) is 0.0588. The van der Waals surface area contributed by atoms with Crippen LogP contribution < -0.4 is 5.32 Å². The van der Waals surface area contributed by atoms with Gasteiger partial charge < -0.3 is 5.32 Å². The Bertz CT molecular complexity index is 881. The molecule has 2 aromatic carbocycles. The van der Waals surface area contributed by atoms with Gasteiger partial charge in [-0.2, -0.15) is 18.4 Å². The summed E-state index contributed by atoms with van der Waals surface area (Å²) in [5, 5.41) is 11.0. The summed E-state index contributed by atoms with van der Waals surface area (Å²) < 4.78 is 65.2. The standard InChI is InChI=1S/C17H9F5N2O/c18-12-5-6-15(14(19)8-12)24-16(25)11(9-23)7-10-3-1-2-4-13(10)17(20,21)22/h1-8H,(H,24,25)/b11-7+. The summed E-state index contributed by atoms with van der Waals surface area (Å²) in [5.41, 5.74) is -2.48. The zero-order chi connectivity index (χ0) is 18.6. The summed E-state index contributed by atoms with van der Waals surface area (Å²) in [6.07, 6.45) is -3.92. The number of alkyl halides is 3. The number of carbonyl (C=O) groups excluding carboxylic acids is 1. The normalized spacial score (nSPS) is 11.8. The number of hydrogen-bond acceptors (Lipinski definition) is 2. The molecule has 0 heterocycles. The first-order valence-electron chi connectivity index (χ1n) is 6.77. The Morgan fingerprint density at radius 2 is 1.80 bits per heavy atom. The van der Waals surface area contributed by atoms with E-state index in [2.05, 4.69) is 0 Å². The second-order valence-electron chi connectivity index (χ2n) is 4.83. The van der Waals surface area contributed by atoms with Gasteiger partial charge in [0.25, 0.3) is 5.91 Å². The van der Waals surface area contributed by atoms with E-state index < -0.39 is 40.5 Å². The number of nitrogens with one attached hydrogen (secondary N) is 1. The first kappa shape index (κ1) is 18.1. The molecule has 0 unspecified atom stereocenters. The van der Waals surface area contributed by atoms with Crippen LogP contribution in [0.15, 0.2) is 48.0 Å². The van der Waals surface area contributed by atoms with Crippen molar-refractivity contribution in [2.24, 2.45) is 0 Å². The number of carbonyl (C=O) groups is 1. The fourth-order valence-corrected chi connectivity index (χ4v) is 1.97. The van der Waals surface area contributed by atoms with Crippen molar-refractivity contribution in [3.05, 3.63) is 70.8 Å². The van der Waals surface area contributed by atoms with Crippen molar-refractivity contribution < 1.29 is 26.7 Å². The molecular formula is C17H9F5N2O. The van der Waals surface area contributed by atoms with Crippen molar-refractivity contribution in [2.45, 2.75) is 6.18 Å². The van der Waals surface area contributed by atoms with E-state index in [0.29, 0.717) is 6.07 Å². The van der Waals surface area contributed by atoms with Crippen molar-refractivity contribution in [3.63, 3.8) is 0 Å². The van der Waals surface area contributed by atoms with E-state index in [1.807, 2.05) is 5.32 Å². The molecule has 0 saturated carbocycles. The van der Waals surface area contributed by atoms with Gasteiger partial charge >= 0.3 is 6.18 Å². The Morgan fingerprint density at radius 1 is 1.12 bits per heavy atom. The maximum absolute atomic E-state index is 13.5. The minimum absolute atomic E-state index is 0.388. The number of nitriles is 1. The van der Waals surface area contributed by atoms with Gasteiger partial charge in [-0.15, -0.1) is 0 Å². The summed E-state index contributed by atoms with van der Waals surface area (Å²) in [6, 6.07) is 8.17. The largest absolute Gasteiger partial charge is 0.416 e. The molecule has 0 aliphatic carbocycles. The van der Waals surface area contributed by atoms with Crippen molar-refractivity contribution in [2.75, 3.05) is 5.32 Å². The highest BCUT2D eigenvalue weighted by Crippen LogP contribution is 2.32. The van der Waals surface area contributed by atoms with E-state index in [1.54, 1.807) is 0 Å². The molecule has 0 spiro atoms. The quantitative estimate of drug-likeness (QED) is 0.501. The summed E-state index contributed by atoms with van der Waals surface area (Å²) in [4.78, 5) is 12.0. The zero-order valence-corrected chi connectivity index (χ0v) is 12.4. The zero-order valence-electron chi connectivity index (χ0n) is 12.4. The van der Waals surface area contributed by atoms with Crippen LogP contribution in [0, 0.1) is 23.0 Å². The van der Waals surface area contributed by atoms with Gasteiger partial charge in [0.2, 0.25) is 0 Å². The van der Waals surface area contributed by atoms with E-state index in [-0.39, 0.29) is 5.56 Å². The third kappa shape index (κ3) is 4.41. The summed E-state index contributed by atoms with van der Waals surface area (Å²) in [5.74, 6) is -3.07. The van der Waals surface area contributed by atoms with Crippen LogP contribution in [0.2, 0.25) is 0 Å². The van der Waals surface area contributed by atoms with Gasteiger partial charge in [0.05, 0.1) is 11.3 Å². The molecule has 128 valence electrons. The highest BCUT2D eigenvalue weighted by Gasteiger charge is 2.32. The highest BCUT2D eigenvalue weighted by atomic mass is 19.4. The highest BCUT2D eigenvalue weighted by molar-refractivity contribution is 6.09. The van der Waals surface area contributed by atoms with Crippen LogP contribution in [-0.2, 0) is 11.0 Å². The molecule has 0 atom stereocenters. The smallest absolute Gasteiger partial charge is 0.319 e. The number of anilines is 1. The summed E-state index contributed by atoms with van der Waals surface area (Å²) in [7, 11) is 0. The fourth-order valence-electron chi connectivity index (χ4n) is 1.97. The lowest BCUT2D eigenvalue weighted by Gasteiger charge is -2.10. The molecule has 2 rings (SSSR count). The van der Waals surface area contributed by atoms with E-state index in [4.69, 9.17) is 5.26 Å². The molecule has 0 aliphatic rings. The van der Waals surface area contributed by atoms with Crippen LogP contribution in [-0.4, -0.2) is 5.91 Å². The minimum Gasteiger partial charge on any atom is -0.319 e. The molecular weight excluding hydrogens is 343 g/mol. The minimum atomic E-state index is -4.67. The Hall–Kier alpha value is -3.21. The monoisotopic (exact) mass is 352 g/mol. The van der Waals surface area contributed by atoms with Crippen molar-refractivity contribution in [3.8, 4) is 6.07 Å². The number of hydrogen-bond donors (Lipinski definition) is 1. The average molecular weight is 352 g/mol. The molecule has 3 nitrogen and oxygen atoms in total. The summed E-state index contributed by atoms with van der Waals surface area (Å²) in [6.45, 7) is 0. The third-order valence-corrected chi connectivity index (χ3v) is 3.11. The van der Waals surface area contributed by atoms with Crippen LogP contribution in [0.25, 0.3) is 6.08 Å². The van der Waals surface area contributed by atoms with Crippen molar-refractivity contribution in [1.82, 2.24) is 0 Å². The van der Waals surface area contributed by atoms with Gasteiger partial charge in [0.1, 0.15) is 23.3 Å². The van der Waals surface area contributed by atoms with Crippen LogP contribution in [0.3, 0.4) is 0 Å². The molecule has 0 aliphatic heterocycles. The lowest BCUT2D eigenvalue weighted by Crippen LogP contribution is -2.15. The predicted octanol–water partition coefficient (Wildman–Crippen LogP) is 4.53. The number of benzene rings is 2. The van der Waals surface area contributed by atoms with Crippen molar-refractivity contribution >= 4 is 17.7 Å². The molecule has 2 aromatic rings. The first-order valence-corrected chi connectivity index (χ1v) is 6.77. The van der Waals surface area contributed by atoms with E-state index in [0.717, 1.165) is 30.3 Å². The van der Waals surface area contributed by atoms with E-state index >= 15 is 0 Å². The molecule has 8 heteroatoms. The van der Waals surface area contributed by atoms with Gasteiger partial charge in [-0.05, 0) is 29.8 Å². The lowest BCUT2D eigenvalue weighted by atomic mass is 10.0. The van der Waals surface area contributed by atoms with Crippen LogP contribution in [0.1, 0.15) is 11.1 Å². The van der Waals surface area contributed by atoms with Gasteiger partial charge in [0.15, 0.2) is 0 Å². The Labute approximate surface area is 139 Å². The Morgan fingerprint density at radius 3 is 2.40 bits per heavy atom. The average Bonchev–Trinajstić information content (AvgIpc) is 2.54.